The molecule has 0 aliphatic heterocycles. The zero-order valence-electron chi connectivity index (χ0n) is 6.39. The topological polar surface area (TPSA) is 46.0 Å². The predicted octanol–water partition coefficient (Wildman–Crippen LogP) is 1.27. The summed E-state index contributed by atoms with van der Waals surface area (Å²) >= 11 is 0. The summed E-state index contributed by atoms with van der Waals surface area (Å²) in [6.45, 7) is 5.90. The van der Waals surface area contributed by atoms with Crippen molar-refractivity contribution in [3.05, 3.63) is 22.2 Å². The van der Waals surface area contributed by atoms with Crippen molar-refractivity contribution in [3.8, 4) is 0 Å². The van der Waals surface area contributed by atoms with Crippen molar-refractivity contribution in [3.63, 3.8) is 0 Å². The van der Waals surface area contributed by atoms with E-state index < -0.39 is 0 Å². The summed E-state index contributed by atoms with van der Waals surface area (Å²) in [5, 5.41) is 2.24. The van der Waals surface area contributed by atoms with Crippen LogP contribution in [0.3, 0.4) is 0 Å². The standard InChI is InChI=1S/C7H11NO2/c1-7(2,3)5-4-10-8-6(5)9/h4H,1-3H3,(H,8,9). The molecule has 0 amide bonds. The number of H-pyrrole nitrogens is 1. The average Bonchev–Trinajstić information content (AvgIpc) is 2.11. The summed E-state index contributed by atoms with van der Waals surface area (Å²) in [5.74, 6) is 0. The van der Waals surface area contributed by atoms with E-state index in [9.17, 15) is 4.79 Å². The molecule has 1 aromatic rings. The molecule has 1 aromatic heterocycles. The highest BCUT2D eigenvalue weighted by molar-refractivity contribution is 5.12. The Morgan fingerprint density at radius 3 is 2.30 bits per heavy atom. The zero-order chi connectivity index (χ0) is 7.78. The molecule has 3 nitrogen and oxygen atoms in total. The number of hydrogen-bond donors (Lipinski definition) is 1. The first-order valence-electron chi connectivity index (χ1n) is 3.18. The van der Waals surface area contributed by atoms with Gasteiger partial charge in [0.15, 0.2) is 0 Å². The van der Waals surface area contributed by atoms with Gasteiger partial charge in [0.2, 0.25) is 0 Å². The lowest BCUT2D eigenvalue weighted by Crippen LogP contribution is -2.19. The van der Waals surface area contributed by atoms with Crippen molar-refractivity contribution < 1.29 is 4.52 Å². The molecule has 10 heavy (non-hydrogen) atoms. The number of rotatable bonds is 0. The van der Waals surface area contributed by atoms with Gasteiger partial charge in [0, 0.05) is 0 Å². The minimum atomic E-state index is -0.132. The number of hydrogen-bond acceptors (Lipinski definition) is 2. The lowest BCUT2D eigenvalue weighted by molar-refractivity contribution is 0.411. The maximum absolute atomic E-state index is 10.9. The van der Waals surface area contributed by atoms with E-state index in [0.717, 1.165) is 0 Å². The molecule has 0 radical (unpaired) electrons. The van der Waals surface area contributed by atoms with Crippen LogP contribution in [0.2, 0.25) is 0 Å². The van der Waals surface area contributed by atoms with Crippen LogP contribution < -0.4 is 5.56 Å². The Hall–Kier alpha value is -0.990. The molecule has 0 spiro atoms. The third-order valence-electron chi connectivity index (χ3n) is 1.38. The van der Waals surface area contributed by atoms with E-state index in [1.807, 2.05) is 20.8 Å². The smallest absolute Gasteiger partial charge is 0.283 e. The summed E-state index contributed by atoms with van der Waals surface area (Å²) < 4.78 is 4.63. The monoisotopic (exact) mass is 141 g/mol. The van der Waals surface area contributed by atoms with Gasteiger partial charge < -0.3 is 4.52 Å². The minimum absolute atomic E-state index is 0.124. The van der Waals surface area contributed by atoms with Crippen molar-refractivity contribution in [1.82, 2.24) is 5.16 Å². The van der Waals surface area contributed by atoms with E-state index in [4.69, 9.17) is 0 Å². The van der Waals surface area contributed by atoms with Gasteiger partial charge in [-0.05, 0) is 5.41 Å². The second-order valence-corrected chi connectivity index (χ2v) is 3.33. The Labute approximate surface area is 59.0 Å². The molecule has 1 N–H and O–H groups in total. The molecule has 0 unspecified atom stereocenters. The van der Waals surface area contributed by atoms with Crippen LogP contribution in [0.25, 0.3) is 0 Å². The van der Waals surface area contributed by atoms with Crippen molar-refractivity contribution >= 4 is 0 Å². The molecular formula is C7H11NO2. The fraction of sp³-hybridized carbons (Fsp3) is 0.571. The van der Waals surface area contributed by atoms with E-state index in [2.05, 4.69) is 9.68 Å². The van der Waals surface area contributed by atoms with Crippen LogP contribution in [0.4, 0.5) is 0 Å². The minimum Gasteiger partial charge on any atom is -0.387 e. The molecule has 0 aromatic carbocycles. The van der Waals surface area contributed by atoms with Crippen LogP contribution >= 0.6 is 0 Å². The Kier molecular flexibility index (Phi) is 1.43. The van der Waals surface area contributed by atoms with Crippen LogP contribution in [0, 0.1) is 0 Å². The molecule has 56 valence electrons. The van der Waals surface area contributed by atoms with Crippen LogP contribution in [0.15, 0.2) is 15.6 Å². The molecule has 0 saturated carbocycles. The molecule has 3 heteroatoms. The first-order valence-corrected chi connectivity index (χ1v) is 3.18. The molecule has 1 heterocycles. The van der Waals surface area contributed by atoms with Gasteiger partial charge in [0.1, 0.15) is 6.26 Å². The second kappa shape index (κ2) is 2.01. The van der Waals surface area contributed by atoms with Gasteiger partial charge in [-0.25, -0.2) is 0 Å². The van der Waals surface area contributed by atoms with Crippen LogP contribution in [-0.2, 0) is 5.41 Å². The summed E-state index contributed by atoms with van der Waals surface area (Å²) in [6.07, 6.45) is 1.46. The Morgan fingerprint density at radius 1 is 1.50 bits per heavy atom. The lowest BCUT2D eigenvalue weighted by Gasteiger charge is -2.12. The lowest BCUT2D eigenvalue weighted by atomic mass is 9.90. The third-order valence-corrected chi connectivity index (χ3v) is 1.38. The van der Waals surface area contributed by atoms with Crippen molar-refractivity contribution in [2.24, 2.45) is 0 Å². The first-order chi connectivity index (χ1) is 4.52. The van der Waals surface area contributed by atoms with Gasteiger partial charge in [-0.1, -0.05) is 20.8 Å². The second-order valence-electron chi connectivity index (χ2n) is 3.33. The van der Waals surface area contributed by atoms with Crippen LogP contribution in [-0.4, -0.2) is 5.16 Å². The van der Waals surface area contributed by atoms with Crippen molar-refractivity contribution in [2.45, 2.75) is 26.2 Å². The number of nitrogens with one attached hydrogen (secondary N) is 1. The highest BCUT2D eigenvalue weighted by Crippen LogP contribution is 2.17. The first kappa shape index (κ1) is 7.12. The van der Waals surface area contributed by atoms with E-state index in [-0.39, 0.29) is 11.0 Å². The highest BCUT2D eigenvalue weighted by atomic mass is 16.5. The average molecular weight is 141 g/mol. The molecule has 0 atom stereocenters. The molecular weight excluding hydrogens is 130 g/mol. The van der Waals surface area contributed by atoms with E-state index in [1.54, 1.807) is 0 Å². The predicted molar refractivity (Wildman–Crippen MR) is 38.0 cm³/mol. The van der Waals surface area contributed by atoms with Gasteiger partial charge in [-0.15, -0.1) is 0 Å². The fourth-order valence-electron chi connectivity index (χ4n) is 0.768. The molecule has 0 aliphatic carbocycles. The van der Waals surface area contributed by atoms with Crippen molar-refractivity contribution in [1.29, 1.82) is 0 Å². The highest BCUT2D eigenvalue weighted by Gasteiger charge is 2.18. The summed E-state index contributed by atoms with van der Waals surface area (Å²) in [5.41, 5.74) is 0.431. The van der Waals surface area contributed by atoms with Gasteiger partial charge in [-0.2, -0.15) is 5.16 Å². The molecule has 0 saturated heterocycles. The third kappa shape index (κ3) is 1.12. The van der Waals surface area contributed by atoms with Gasteiger partial charge in [0.25, 0.3) is 5.56 Å². The SMILES string of the molecule is CC(C)(C)c1co[nH]c1=O. The van der Waals surface area contributed by atoms with Crippen molar-refractivity contribution in [2.75, 3.05) is 0 Å². The summed E-state index contributed by atoms with van der Waals surface area (Å²) in [7, 11) is 0. The van der Waals surface area contributed by atoms with E-state index in [1.165, 1.54) is 6.26 Å². The largest absolute Gasteiger partial charge is 0.387 e. The molecule has 1 rings (SSSR count). The quantitative estimate of drug-likeness (QED) is 0.591. The summed E-state index contributed by atoms with van der Waals surface area (Å²) in [6, 6.07) is 0. The summed E-state index contributed by atoms with van der Waals surface area (Å²) in [4.78, 5) is 10.9. The van der Waals surface area contributed by atoms with E-state index in [0.29, 0.717) is 5.56 Å². The maximum atomic E-state index is 10.9. The zero-order valence-corrected chi connectivity index (χ0v) is 6.39. The van der Waals surface area contributed by atoms with Gasteiger partial charge in [0.05, 0.1) is 5.56 Å². The molecule has 0 bridgehead atoms. The fourth-order valence-corrected chi connectivity index (χ4v) is 0.768. The van der Waals surface area contributed by atoms with Crippen LogP contribution in [0.1, 0.15) is 26.3 Å². The van der Waals surface area contributed by atoms with Gasteiger partial charge >= 0.3 is 0 Å². The maximum Gasteiger partial charge on any atom is 0.283 e. The Balaban J connectivity index is 3.18. The Bertz CT molecular complexity index is 264. The van der Waals surface area contributed by atoms with Crippen LogP contribution in [0.5, 0.6) is 0 Å². The Morgan fingerprint density at radius 2 is 2.10 bits per heavy atom. The normalized spacial score (nSPS) is 11.9. The van der Waals surface area contributed by atoms with Gasteiger partial charge in [-0.3, -0.25) is 4.79 Å². The number of aromatic nitrogens is 1. The molecule has 0 fully saturated rings. The van der Waals surface area contributed by atoms with E-state index >= 15 is 0 Å². The molecule has 0 aliphatic rings. The number of aromatic amines is 1.